The van der Waals surface area contributed by atoms with Gasteiger partial charge in [-0.15, -0.1) is 0 Å². The van der Waals surface area contributed by atoms with Crippen molar-refractivity contribution in [2.45, 2.75) is 26.7 Å². The van der Waals surface area contributed by atoms with E-state index in [9.17, 15) is 4.79 Å². The van der Waals surface area contributed by atoms with Crippen molar-refractivity contribution < 1.29 is 4.79 Å². The van der Waals surface area contributed by atoms with Crippen LogP contribution in [0.2, 0.25) is 5.02 Å². The Balaban J connectivity index is 2.39. The molecular weight excluding hydrogens is 314 g/mol. The first-order valence-corrected chi connectivity index (χ1v) is 7.65. The van der Waals surface area contributed by atoms with E-state index in [2.05, 4.69) is 28.2 Å². The van der Waals surface area contributed by atoms with Crippen molar-refractivity contribution in [3.63, 3.8) is 0 Å². The van der Waals surface area contributed by atoms with Gasteiger partial charge in [-0.05, 0) is 43.4 Å². The Labute approximate surface area is 122 Å². The van der Waals surface area contributed by atoms with Crippen LogP contribution in [0.15, 0.2) is 18.2 Å². The molecule has 1 aromatic rings. The minimum atomic E-state index is -0.0524. The predicted octanol–water partition coefficient (Wildman–Crippen LogP) is 4.19. The molecule has 18 heavy (non-hydrogen) atoms. The molecule has 0 aromatic heterocycles. The molecule has 1 N–H and O–H groups in total. The second kappa shape index (κ2) is 7.80. The molecule has 4 heteroatoms. The molecule has 0 bridgehead atoms. The van der Waals surface area contributed by atoms with Crippen LogP contribution in [0, 0.1) is 12.8 Å². The second-order valence-electron chi connectivity index (χ2n) is 4.62. The van der Waals surface area contributed by atoms with E-state index in [1.807, 2.05) is 13.0 Å². The Morgan fingerprint density at radius 1 is 1.50 bits per heavy atom. The number of halogens is 2. The second-order valence-corrected chi connectivity index (χ2v) is 5.68. The number of alkyl halides is 1. The Kier molecular flexibility index (Phi) is 6.72. The lowest BCUT2D eigenvalue weighted by molar-refractivity contribution is 0.0952. The number of aryl methyl sites for hydroxylation is 1. The lowest BCUT2D eigenvalue weighted by atomic mass is 10.1. The topological polar surface area (TPSA) is 29.1 Å². The number of amides is 1. The largest absolute Gasteiger partial charge is 0.352 e. The minimum Gasteiger partial charge on any atom is -0.352 e. The van der Waals surface area contributed by atoms with Gasteiger partial charge in [0.1, 0.15) is 0 Å². The maximum absolute atomic E-state index is 11.8. The summed E-state index contributed by atoms with van der Waals surface area (Å²) in [5.41, 5.74) is 1.61. The van der Waals surface area contributed by atoms with Gasteiger partial charge in [-0.25, -0.2) is 0 Å². The Morgan fingerprint density at radius 2 is 2.22 bits per heavy atom. The van der Waals surface area contributed by atoms with Gasteiger partial charge in [-0.1, -0.05) is 40.5 Å². The monoisotopic (exact) mass is 331 g/mol. The molecule has 0 aliphatic carbocycles. The lowest BCUT2D eigenvalue weighted by Crippen LogP contribution is -2.24. The van der Waals surface area contributed by atoms with Gasteiger partial charge in [-0.2, -0.15) is 0 Å². The number of hydrogen-bond donors (Lipinski definition) is 1. The van der Waals surface area contributed by atoms with E-state index in [1.54, 1.807) is 12.1 Å². The van der Waals surface area contributed by atoms with Crippen molar-refractivity contribution in [2.24, 2.45) is 5.92 Å². The van der Waals surface area contributed by atoms with E-state index in [4.69, 9.17) is 11.6 Å². The van der Waals surface area contributed by atoms with Gasteiger partial charge in [0.25, 0.3) is 5.91 Å². The van der Waals surface area contributed by atoms with Crippen LogP contribution in [0.3, 0.4) is 0 Å². The maximum Gasteiger partial charge on any atom is 0.251 e. The summed E-state index contributed by atoms with van der Waals surface area (Å²) in [5.74, 6) is 0.596. The van der Waals surface area contributed by atoms with Crippen LogP contribution in [-0.4, -0.2) is 17.8 Å². The van der Waals surface area contributed by atoms with Crippen LogP contribution >= 0.6 is 27.5 Å². The van der Waals surface area contributed by atoms with Crippen molar-refractivity contribution >= 4 is 33.4 Å². The van der Waals surface area contributed by atoms with Crippen molar-refractivity contribution in [3.05, 3.63) is 34.3 Å². The summed E-state index contributed by atoms with van der Waals surface area (Å²) in [6.45, 7) is 4.82. The number of benzene rings is 1. The maximum atomic E-state index is 11.8. The average molecular weight is 333 g/mol. The number of carbonyl (C=O) groups is 1. The van der Waals surface area contributed by atoms with E-state index in [0.717, 1.165) is 23.7 Å². The van der Waals surface area contributed by atoms with Gasteiger partial charge in [0, 0.05) is 22.5 Å². The van der Waals surface area contributed by atoms with Gasteiger partial charge >= 0.3 is 0 Å². The SMILES string of the molecule is Cc1ccc(C(=O)NCCCC(C)CBr)cc1Cl. The summed E-state index contributed by atoms with van der Waals surface area (Å²) >= 11 is 9.44. The molecule has 100 valence electrons. The summed E-state index contributed by atoms with van der Waals surface area (Å²) in [7, 11) is 0. The molecule has 1 aromatic carbocycles. The van der Waals surface area contributed by atoms with Gasteiger partial charge in [0.2, 0.25) is 0 Å². The first kappa shape index (κ1) is 15.5. The molecular formula is C14H19BrClNO. The van der Waals surface area contributed by atoms with E-state index >= 15 is 0 Å². The van der Waals surface area contributed by atoms with E-state index in [0.29, 0.717) is 23.0 Å². The standard InChI is InChI=1S/C14H19BrClNO/c1-10(9-15)4-3-7-17-14(18)12-6-5-11(2)13(16)8-12/h5-6,8,10H,3-4,7,9H2,1-2H3,(H,17,18). The average Bonchev–Trinajstić information content (AvgIpc) is 2.37. The molecule has 1 rings (SSSR count). The summed E-state index contributed by atoms with van der Waals surface area (Å²) in [6.07, 6.45) is 2.11. The van der Waals surface area contributed by atoms with Crippen molar-refractivity contribution in [1.82, 2.24) is 5.32 Å². The molecule has 2 nitrogen and oxygen atoms in total. The molecule has 0 fully saturated rings. The fourth-order valence-corrected chi connectivity index (χ4v) is 2.07. The highest BCUT2D eigenvalue weighted by Crippen LogP contribution is 2.16. The number of rotatable bonds is 6. The van der Waals surface area contributed by atoms with Gasteiger partial charge in [0.15, 0.2) is 0 Å². The highest BCUT2D eigenvalue weighted by Gasteiger charge is 2.07. The quantitative estimate of drug-likeness (QED) is 0.614. The van der Waals surface area contributed by atoms with E-state index in [1.165, 1.54) is 0 Å². The van der Waals surface area contributed by atoms with Crippen LogP contribution in [0.25, 0.3) is 0 Å². The van der Waals surface area contributed by atoms with Crippen LogP contribution in [0.1, 0.15) is 35.7 Å². The first-order chi connectivity index (χ1) is 8.54. The number of nitrogens with one attached hydrogen (secondary N) is 1. The minimum absolute atomic E-state index is 0.0524. The highest BCUT2D eigenvalue weighted by atomic mass is 79.9. The van der Waals surface area contributed by atoms with Crippen LogP contribution in [0.4, 0.5) is 0 Å². The first-order valence-electron chi connectivity index (χ1n) is 6.15. The van der Waals surface area contributed by atoms with Crippen LogP contribution in [-0.2, 0) is 0 Å². The molecule has 0 saturated heterocycles. The number of hydrogen-bond acceptors (Lipinski definition) is 1. The summed E-state index contributed by atoms with van der Waals surface area (Å²) in [5, 5.41) is 4.56. The predicted molar refractivity (Wildman–Crippen MR) is 80.7 cm³/mol. The van der Waals surface area contributed by atoms with Gasteiger partial charge in [0.05, 0.1) is 0 Å². The summed E-state index contributed by atoms with van der Waals surface area (Å²) in [6, 6.07) is 5.38. The molecule has 1 amide bonds. The molecule has 0 aliphatic heterocycles. The summed E-state index contributed by atoms with van der Waals surface area (Å²) in [4.78, 5) is 11.8. The van der Waals surface area contributed by atoms with Crippen LogP contribution in [0.5, 0.6) is 0 Å². The third kappa shape index (κ3) is 4.99. The molecule has 1 unspecified atom stereocenters. The smallest absolute Gasteiger partial charge is 0.251 e. The zero-order valence-electron chi connectivity index (χ0n) is 10.8. The third-order valence-electron chi connectivity index (χ3n) is 2.86. The van der Waals surface area contributed by atoms with E-state index in [-0.39, 0.29) is 5.91 Å². The Hall–Kier alpha value is -0.540. The molecule has 1 atom stereocenters. The fourth-order valence-electron chi connectivity index (χ4n) is 1.57. The molecule has 0 heterocycles. The van der Waals surface area contributed by atoms with Gasteiger partial charge in [-0.3, -0.25) is 4.79 Å². The molecule has 0 saturated carbocycles. The van der Waals surface area contributed by atoms with Gasteiger partial charge < -0.3 is 5.32 Å². The zero-order valence-corrected chi connectivity index (χ0v) is 13.1. The Bertz CT molecular complexity index is 409. The highest BCUT2D eigenvalue weighted by molar-refractivity contribution is 9.09. The fraction of sp³-hybridized carbons (Fsp3) is 0.500. The molecule has 0 radical (unpaired) electrons. The van der Waals surface area contributed by atoms with Crippen molar-refractivity contribution in [1.29, 1.82) is 0 Å². The van der Waals surface area contributed by atoms with E-state index < -0.39 is 0 Å². The third-order valence-corrected chi connectivity index (χ3v) is 4.37. The normalized spacial score (nSPS) is 12.2. The van der Waals surface area contributed by atoms with Crippen molar-refractivity contribution in [3.8, 4) is 0 Å². The molecule has 0 aliphatic rings. The number of carbonyl (C=O) groups excluding carboxylic acids is 1. The molecule has 0 spiro atoms. The Morgan fingerprint density at radius 3 is 2.83 bits per heavy atom. The van der Waals surface area contributed by atoms with Crippen LogP contribution < -0.4 is 5.32 Å². The lowest BCUT2D eigenvalue weighted by Gasteiger charge is -2.09. The zero-order chi connectivity index (χ0) is 13.5. The summed E-state index contributed by atoms with van der Waals surface area (Å²) < 4.78 is 0. The van der Waals surface area contributed by atoms with Crippen molar-refractivity contribution in [2.75, 3.05) is 11.9 Å².